The van der Waals surface area contributed by atoms with Crippen molar-refractivity contribution in [2.24, 2.45) is 0 Å². The van der Waals surface area contributed by atoms with Crippen molar-refractivity contribution >= 4 is 16.5 Å². The largest absolute Gasteiger partial charge is 0.375 e. The molecule has 0 radical (unpaired) electrons. The van der Waals surface area contributed by atoms with E-state index in [1.165, 1.54) is 23.4 Å². The number of nitrogens with zero attached hydrogens (tertiary/aromatic N) is 1. The molecule has 0 amide bonds. The number of fused-ring (bicyclic) bond motifs is 1. The fourth-order valence-corrected chi connectivity index (χ4v) is 3.01. The van der Waals surface area contributed by atoms with Gasteiger partial charge in [0.05, 0.1) is 5.69 Å². The summed E-state index contributed by atoms with van der Waals surface area (Å²) >= 11 is 1.62. The number of nitrogens with two attached hydrogens (primary N) is 1. The van der Waals surface area contributed by atoms with Crippen LogP contribution in [0.4, 0.5) is 5.13 Å². The predicted octanol–water partition coefficient (Wildman–Crippen LogP) is 2.10. The second-order valence-electron chi connectivity index (χ2n) is 3.93. The van der Waals surface area contributed by atoms with E-state index in [-0.39, 0.29) is 0 Å². The Hall–Kier alpha value is -0.610. The van der Waals surface area contributed by atoms with Gasteiger partial charge in [-0.2, -0.15) is 0 Å². The van der Waals surface area contributed by atoms with Crippen LogP contribution in [0.15, 0.2) is 0 Å². The van der Waals surface area contributed by atoms with Gasteiger partial charge < -0.3 is 11.1 Å². The molecule has 1 aliphatic heterocycles. The van der Waals surface area contributed by atoms with Gasteiger partial charge in [-0.15, -0.1) is 11.3 Å². The molecule has 78 valence electrons. The molecule has 0 aromatic carbocycles. The van der Waals surface area contributed by atoms with Crippen molar-refractivity contribution in [1.29, 1.82) is 0 Å². The van der Waals surface area contributed by atoms with E-state index >= 15 is 0 Å². The maximum Gasteiger partial charge on any atom is 0.180 e. The van der Waals surface area contributed by atoms with E-state index in [4.69, 9.17) is 5.73 Å². The lowest BCUT2D eigenvalue weighted by Crippen LogP contribution is -2.37. The molecule has 0 aliphatic carbocycles. The lowest BCUT2D eigenvalue weighted by molar-refractivity contribution is 0.392. The first-order valence-corrected chi connectivity index (χ1v) is 6.02. The van der Waals surface area contributed by atoms with Crippen LogP contribution >= 0.6 is 11.3 Å². The summed E-state index contributed by atoms with van der Waals surface area (Å²) in [6.45, 7) is 5.41. The van der Waals surface area contributed by atoms with Crippen LogP contribution in [0.25, 0.3) is 0 Å². The topological polar surface area (TPSA) is 50.9 Å². The van der Waals surface area contributed by atoms with Gasteiger partial charge in [0, 0.05) is 23.4 Å². The highest BCUT2D eigenvalue weighted by Crippen LogP contribution is 2.33. The Morgan fingerprint density at radius 3 is 3.14 bits per heavy atom. The van der Waals surface area contributed by atoms with Crippen molar-refractivity contribution in [2.75, 3.05) is 5.73 Å². The summed E-state index contributed by atoms with van der Waals surface area (Å²) < 4.78 is 0. The Bertz CT molecular complexity index is 321. The normalized spacial score (nSPS) is 26.1. The molecule has 0 unspecified atom stereocenters. The highest BCUT2D eigenvalue weighted by molar-refractivity contribution is 7.15. The zero-order valence-electron chi connectivity index (χ0n) is 8.71. The van der Waals surface area contributed by atoms with Crippen LogP contribution < -0.4 is 11.1 Å². The lowest BCUT2D eigenvalue weighted by Gasteiger charge is -2.28. The quantitative estimate of drug-likeness (QED) is 0.787. The second-order valence-corrected chi connectivity index (χ2v) is 5.04. The van der Waals surface area contributed by atoms with Crippen LogP contribution in [0.1, 0.15) is 43.2 Å². The molecular formula is C10H17N3S. The van der Waals surface area contributed by atoms with Crippen LogP contribution in [0.5, 0.6) is 0 Å². The fraction of sp³-hybridized carbons (Fsp3) is 0.700. The maximum atomic E-state index is 5.72. The van der Waals surface area contributed by atoms with Gasteiger partial charge in [-0.3, -0.25) is 0 Å². The van der Waals surface area contributed by atoms with Crippen molar-refractivity contribution in [3.05, 3.63) is 10.6 Å². The Balaban J connectivity index is 2.22. The lowest BCUT2D eigenvalue weighted by atomic mass is 9.91. The molecular weight excluding hydrogens is 194 g/mol. The van der Waals surface area contributed by atoms with Gasteiger partial charge in [0.25, 0.3) is 0 Å². The Kier molecular flexibility index (Phi) is 2.74. The van der Waals surface area contributed by atoms with Crippen molar-refractivity contribution < 1.29 is 0 Å². The van der Waals surface area contributed by atoms with Gasteiger partial charge in [-0.05, 0) is 6.42 Å². The van der Waals surface area contributed by atoms with Gasteiger partial charge in [-0.1, -0.05) is 20.3 Å². The molecule has 1 aromatic rings. The molecule has 3 nitrogen and oxygen atoms in total. The summed E-state index contributed by atoms with van der Waals surface area (Å²) in [5.41, 5.74) is 6.95. The summed E-state index contributed by atoms with van der Waals surface area (Å²) in [5, 5.41) is 4.26. The zero-order chi connectivity index (χ0) is 10.1. The number of anilines is 1. The third-order valence-corrected chi connectivity index (χ3v) is 3.80. The van der Waals surface area contributed by atoms with E-state index in [1.807, 2.05) is 0 Å². The number of rotatable bonds is 2. The molecule has 0 saturated heterocycles. The fourth-order valence-electron chi connectivity index (χ4n) is 2.12. The van der Waals surface area contributed by atoms with Gasteiger partial charge >= 0.3 is 0 Å². The minimum absolute atomic E-state index is 0.507. The number of nitrogen functional groups attached to an aromatic ring is 1. The van der Waals surface area contributed by atoms with Crippen molar-refractivity contribution in [3.63, 3.8) is 0 Å². The average molecular weight is 211 g/mol. The first-order valence-electron chi connectivity index (χ1n) is 5.20. The predicted molar refractivity (Wildman–Crippen MR) is 60.5 cm³/mol. The number of hydrogen-bond donors (Lipinski definition) is 2. The minimum Gasteiger partial charge on any atom is -0.375 e. The standard InChI is InChI=1S/C10H17N3S/c1-3-4-7-6(2)9-8(5-12-7)14-10(11)13-9/h6-7,12H,3-5H2,1-2H3,(H2,11,13)/t6-,7-/m0/s1. The van der Waals surface area contributed by atoms with Crippen molar-refractivity contribution in [1.82, 2.24) is 10.3 Å². The van der Waals surface area contributed by atoms with Gasteiger partial charge in [-0.25, -0.2) is 4.98 Å². The van der Waals surface area contributed by atoms with Crippen LogP contribution in [0.3, 0.4) is 0 Å². The molecule has 0 saturated carbocycles. The van der Waals surface area contributed by atoms with Gasteiger partial charge in [0.15, 0.2) is 5.13 Å². The van der Waals surface area contributed by atoms with Crippen LogP contribution in [0, 0.1) is 0 Å². The molecule has 2 heterocycles. The van der Waals surface area contributed by atoms with Crippen molar-refractivity contribution in [2.45, 2.75) is 45.2 Å². The van der Waals surface area contributed by atoms with Crippen molar-refractivity contribution in [3.8, 4) is 0 Å². The SMILES string of the molecule is CCC[C@@H]1NCc2sc(N)nc2[C@H]1C. The van der Waals surface area contributed by atoms with Gasteiger partial charge in [0.1, 0.15) is 0 Å². The van der Waals surface area contributed by atoms with Gasteiger partial charge in [0.2, 0.25) is 0 Å². The molecule has 2 rings (SSSR count). The van der Waals surface area contributed by atoms with Crippen LogP contribution in [0.2, 0.25) is 0 Å². The van der Waals surface area contributed by atoms with E-state index in [0.717, 1.165) is 6.54 Å². The van der Waals surface area contributed by atoms with E-state index in [0.29, 0.717) is 17.1 Å². The van der Waals surface area contributed by atoms with E-state index in [2.05, 4.69) is 24.1 Å². The highest BCUT2D eigenvalue weighted by Gasteiger charge is 2.27. The molecule has 0 spiro atoms. The number of hydrogen-bond acceptors (Lipinski definition) is 4. The second kappa shape index (κ2) is 3.87. The highest BCUT2D eigenvalue weighted by atomic mass is 32.1. The van der Waals surface area contributed by atoms with E-state index in [9.17, 15) is 0 Å². The molecule has 1 aliphatic rings. The Labute approximate surface area is 88.7 Å². The minimum atomic E-state index is 0.507. The summed E-state index contributed by atoms with van der Waals surface area (Å²) in [4.78, 5) is 5.74. The smallest absolute Gasteiger partial charge is 0.180 e. The monoisotopic (exact) mass is 211 g/mol. The molecule has 14 heavy (non-hydrogen) atoms. The molecule has 2 atom stereocenters. The summed E-state index contributed by atoms with van der Waals surface area (Å²) in [6, 6.07) is 0.578. The molecule has 0 bridgehead atoms. The molecule has 1 aromatic heterocycles. The zero-order valence-corrected chi connectivity index (χ0v) is 9.53. The first-order chi connectivity index (χ1) is 6.72. The maximum absolute atomic E-state index is 5.72. The Morgan fingerprint density at radius 1 is 1.64 bits per heavy atom. The number of thiazole rings is 1. The molecule has 3 N–H and O–H groups in total. The summed E-state index contributed by atoms with van der Waals surface area (Å²) in [7, 11) is 0. The molecule has 4 heteroatoms. The van der Waals surface area contributed by atoms with Crippen LogP contribution in [-0.4, -0.2) is 11.0 Å². The first kappa shape index (κ1) is 9.93. The van der Waals surface area contributed by atoms with E-state index < -0.39 is 0 Å². The van der Waals surface area contributed by atoms with E-state index in [1.54, 1.807) is 11.3 Å². The third kappa shape index (κ3) is 1.64. The summed E-state index contributed by atoms with van der Waals surface area (Å²) in [6.07, 6.45) is 2.44. The summed E-state index contributed by atoms with van der Waals surface area (Å²) in [5.74, 6) is 0.507. The van der Waals surface area contributed by atoms with Crippen LogP contribution in [-0.2, 0) is 6.54 Å². The Morgan fingerprint density at radius 2 is 2.43 bits per heavy atom. The molecule has 0 fully saturated rings. The average Bonchev–Trinajstić information content (AvgIpc) is 2.52. The number of aromatic nitrogens is 1. The number of nitrogens with one attached hydrogen (secondary N) is 1. The third-order valence-electron chi connectivity index (χ3n) is 2.90.